The molecule has 0 atom stereocenters. The number of isocyanates is 1. The van der Waals surface area contributed by atoms with Crippen molar-refractivity contribution in [2.45, 2.75) is 26.3 Å². The van der Waals surface area contributed by atoms with Crippen LogP contribution in [0, 0.1) is 6.92 Å². The Bertz CT molecular complexity index is 616. The standard InChI is InChI=1S/C14H16N2O/c1-10-13(14(2,3)15-9-17)11-7-5-6-8-12(11)16(10)4/h5-8H,1-4H3. The molecule has 0 saturated carbocycles. The lowest BCUT2D eigenvalue weighted by Gasteiger charge is -2.18. The molecule has 17 heavy (non-hydrogen) atoms. The van der Waals surface area contributed by atoms with E-state index in [1.807, 2.05) is 33.0 Å². The Kier molecular flexibility index (Phi) is 2.64. The van der Waals surface area contributed by atoms with Crippen LogP contribution in [0.3, 0.4) is 0 Å². The molecule has 0 unspecified atom stereocenters. The van der Waals surface area contributed by atoms with E-state index < -0.39 is 5.54 Å². The van der Waals surface area contributed by atoms with Crippen molar-refractivity contribution in [3.8, 4) is 0 Å². The normalized spacial score (nSPS) is 11.5. The number of hydrogen-bond donors (Lipinski definition) is 0. The van der Waals surface area contributed by atoms with Crippen molar-refractivity contribution < 1.29 is 4.79 Å². The van der Waals surface area contributed by atoms with E-state index in [-0.39, 0.29) is 0 Å². The molecule has 0 aliphatic heterocycles. The maximum atomic E-state index is 10.5. The average molecular weight is 228 g/mol. The predicted molar refractivity (Wildman–Crippen MR) is 68.8 cm³/mol. The molecule has 0 aliphatic carbocycles. The van der Waals surface area contributed by atoms with Crippen LogP contribution in [0.4, 0.5) is 0 Å². The molecule has 0 fully saturated rings. The molecule has 3 nitrogen and oxygen atoms in total. The Morgan fingerprint density at radius 2 is 1.94 bits per heavy atom. The first kappa shape index (κ1) is 11.6. The maximum absolute atomic E-state index is 10.5. The number of benzene rings is 1. The third-order valence-corrected chi connectivity index (χ3v) is 3.34. The minimum atomic E-state index is -0.535. The van der Waals surface area contributed by atoms with Crippen molar-refractivity contribution >= 4 is 17.0 Å². The van der Waals surface area contributed by atoms with Crippen LogP contribution in [0.2, 0.25) is 0 Å². The van der Waals surface area contributed by atoms with Gasteiger partial charge in [0, 0.05) is 29.2 Å². The van der Waals surface area contributed by atoms with Crippen LogP contribution < -0.4 is 0 Å². The van der Waals surface area contributed by atoms with Crippen molar-refractivity contribution in [1.29, 1.82) is 0 Å². The SMILES string of the molecule is Cc1c(C(C)(C)N=C=O)c2ccccc2n1C. The molecule has 0 amide bonds. The van der Waals surface area contributed by atoms with Crippen molar-refractivity contribution in [2.75, 3.05) is 0 Å². The average Bonchev–Trinajstić information content (AvgIpc) is 2.53. The van der Waals surface area contributed by atoms with E-state index in [2.05, 4.69) is 28.6 Å². The highest BCUT2D eigenvalue weighted by molar-refractivity contribution is 5.86. The van der Waals surface area contributed by atoms with Crippen molar-refractivity contribution in [3.05, 3.63) is 35.5 Å². The second-order valence-corrected chi connectivity index (χ2v) is 4.80. The van der Waals surface area contributed by atoms with E-state index in [0.717, 1.165) is 22.2 Å². The predicted octanol–water partition coefficient (Wildman–Crippen LogP) is 3.06. The summed E-state index contributed by atoms with van der Waals surface area (Å²) in [5.41, 5.74) is 2.86. The molecule has 1 heterocycles. The number of nitrogens with zero attached hydrogens (tertiary/aromatic N) is 2. The quantitative estimate of drug-likeness (QED) is 0.574. The summed E-state index contributed by atoms with van der Waals surface area (Å²) in [5, 5.41) is 1.15. The fraction of sp³-hybridized carbons (Fsp3) is 0.357. The van der Waals surface area contributed by atoms with Crippen molar-refractivity contribution in [2.24, 2.45) is 12.0 Å². The number of aryl methyl sites for hydroxylation is 1. The lowest BCUT2D eigenvalue weighted by atomic mass is 9.92. The Labute approximate surface area is 101 Å². The van der Waals surface area contributed by atoms with Gasteiger partial charge in [-0.15, -0.1) is 0 Å². The highest BCUT2D eigenvalue weighted by atomic mass is 16.1. The lowest BCUT2D eigenvalue weighted by Crippen LogP contribution is -2.15. The fourth-order valence-electron chi connectivity index (χ4n) is 2.46. The van der Waals surface area contributed by atoms with Gasteiger partial charge in [-0.3, -0.25) is 0 Å². The molecule has 1 aromatic heterocycles. The van der Waals surface area contributed by atoms with E-state index in [1.165, 1.54) is 0 Å². The Morgan fingerprint density at radius 3 is 2.59 bits per heavy atom. The molecule has 0 aliphatic rings. The number of para-hydroxylation sites is 1. The fourth-order valence-corrected chi connectivity index (χ4v) is 2.46. The minimum absolute atomic E-state index is 0.535. The lowest BCUT2D eigenvalue weighted by molar-refractivity contribution is 0.522. The second-order valence-electron chi connectivity index (χ2n) is 4.80. The summed E-state index contributed by atoms with van der Waals surface area (Å²) in [6.45, 7) is 5.93. The summed E-state index contributed by atoms with van der Waals surface area (Å²) in [4.78, 5) is 14.5. The molecule has 0 saturated heterocycles. The van der Waals surface area contributed by atoms with Gasteiger partial charge in [0.25, 0.3) is 0 Å². The van der Waals surface area contributed by atoms with Crippen molar-refractivity contribution in [1.82, 2.24) is 4.57 Å². The van der Waals surface area contributed by atoms with Gasteiger partial charge < -0.3 is 4.57 Å². The van der Waals surface area contributed by atoms with Crippen LogP contribution in [0.1, 0.15) is 25.1 Å². The van der Waals surface area contributed by atoms with Gasteiger partial charge in [0.1, 0.15) is 0 Å². The molecule has 0 N–H and O–H groups in total. The summed E-state index contributed by atoms with van der Waals surface area (Å²) in [5.74, 6) is 0. The number of aromatic nitrogens is 1. The number of rotatable bonds is 2. The molecular weight excluding hydrogens is 212 g/mol. The largest absolute Gasteiger partial charge is 0.348 e. The molecular formula is C14H16N2O. The minimum Gasteiger partial charge on any atom is -0.348 e. The van der Waals surface area contributed by atoms with Gasteiger partial charge in [-0.05, 0) is 26.8 Å². The molecule has 0 bridgehead atoms. The van der Waals surface area contributed by atoms with Gasteiger partial charge in [0.05, 0.1) is 5.54 Å². The number of aliphatic imine (C=N–C) groups is 1. The Balaban J connectivity index is 2.86. The Morgan fingerprint density at radius 1 is 1.29 bits per heavy atom. The van der Waals surface area contributed by atoms with Crippen LogP contribution in [0.25, 0.3) is 10.9 Å². The smallest absolute Gasteiger partial charge is 0.235 e. The summed E-state index contributed by atoms with van der Waals surface area (Å²) in [6.07, 6.45) is 1.67. The summed E-state index contributed by atoms with van der Waals surface area (Å²) in [7, 11) is 2.03. The highest BCUT2D eigenvalue weighted by Gasteiger charge is 2.26. The molecule has 2 rings (SSSR count). The summed E-state index contributed by atoms with van der Waals surface area (Å²) in [6, 6.07) is 8.17. The van der Waals surface area contributed by atoms with Crippen LogP contribution >= 0.6 is 0 Å². The first-order valence-electron chi connectivity index (χ1n) is 5.62. The molecule has 1 aromatic carbocycles. The van der Waals surface area contributed by atoms with E-state index in [4.69, 9.17) is 0 Å². The van der Waals surface area contributed by atoms with Gasteiger partial charge in [0.2, 0.25) is 6.08 Å². The van der Waals surface area contributed by atoms with Crippen LogP contribution in [0.5, 0.6) is 0 Å². The molecule has 2 aromatic rings. The molecule has 0 spiro atoms. The summed E-state index contributed by atoms with van der Waals surface area (Å²) >= 11 is 0. The second kappa shape index (κ2) is 3.86. The van der Waals surface area contributed by atoms with E-state index in [1.54, 1.807) is 6.08 Å². The highest BCUT2D eigenvalue weighted by Crippen LogP contribution is 2.35. The van der Waals surface area contributed by atoms with Crippen molar-refractivity contribution in [3.63, 3.8) is 0 Å². The van der Waals surface area contributed by atoms with Gasteiger partial charge in [-0.1, -0.05) is 18.2 Å². The summed E-state index contributed by atoms with van der Waals surface area (Å²) < 4.78 is 2.13. The third-order valence-electron chi connectivity index (χ3n) is 3.34. The Hall–Kier alpha value is -1.86. The monoisotopic (exact) mass is 228 g/mol. The van der Waals surface area contributed by atoms with Crippen LogP contribution in [0.15, 0.2) is 29.3 Å². The zero-order valence-corrected chi connectivity index (χ0v) is 10.6. The molecule has 0 radical (unpaired) electrons. The zero-order valence-electron chi connectivity index (χ0n) is 10.6. The van der Waals surface area contributed by atoms with Gasteiger partial charge in [-0.2, -0.15) is 4.99 Å². The van der Waals surface area contributed by atoms with Crippen LogP contribution in [-0.2, 0) is 17.4 Å². The van der Waals surface area contributed by atoms with E-state index in [9.17, 15) is 4.79 Å². The first-order chi connectivity index (χ1) is 7.99. The third kappa shape index (κ3) is 1.69. The van der Waals surface area contributed by atoms with Gasteiger partial charge in [-0.25, -0.2) is 4.79 Å². The number of fused-ring (bicyclic) bond motifs is 1. The van der Waals surface area contributed by atoms with E-state index in [0.29, 0.717) is 0 Å². The maximum Gasteiger partial charge on any atom is 0.235 e. The number of hydrogen-bond acceptors (Lipinski definition) is 2. The zero-order chi connectivity index (χ0) is 12.6. The van der Waals surface area contributed by atoms with Gasteiger partial charge in [0.15, 0.2) is 0 Å². The van der Waals surface area contributed by atoms with E-state index >= 15 is 0 Å². The number of carbonyl (C=O) groups excluding carboxylic acids is 1. The van der Waals surface area contributed by atoms with Crippen LogP contribution in [-0.4, -0.2) is 10.6 Å². The molecule has 88 valence electrons. The first-order valence-corrected chi connectivity index (χ1v) is 5.62. The van der Waals surface area contributed by atoms with Gasteiger partial charge >= 0.3 is 0 Å². The topological polar surface area (TPSA) is 34.4 Å². The molecule has 3 heteroatoms.